The maximum Gasteiger partial charge on any atom is 0.101 e. The van der Waals surface area contributed by atoms with Crippen LogP contribution in [0.1, 0.15) is 213 Å². The van der Waals surface area contributed by atoms with Crippen molar-refractivity contribution >= 4 is 0 Å². The first-order valence-electron chi connectivity index (χ1n) is 19.0. The summed E-state index contributed by atoms with van der Waals surface area (Å²) in [5.41, 5.74) is 0. The van der Waals surface area contributed by atoms with Crippen LogP contribution in [0.5, 0.6) is 0 Å². The molecular formula is C38H76N2. The van der Waals surface area contributed by atoms with Gasteiger partial charge in [-0.2, -0.15) is 0 Å². The van der Waals surface area contributed by atoms with E-state index >= 15 is 0 Å². The van der Waals surface area contributed by atoms with Gasteiger partial charge >= 0.3 is 0 Å². The summed E-state index contributed by atoms with van der Waals surface area (Å²) >= 11 is 0. The number of nitrogens with zero attached hydrogens (tertiary/aromatic N) is 2. The highest BCUT2D eigenvalue weighted by atomic mass is 15.4. The van der Waals surface area contributed by atoms with E-state index in [0.29, 0.717) is 6.17 Å². The van der Waals surface area contributed by atoms with Crippen molar-refractivity contribution in [2.45, 2.75) is 220 Å². The predicted molar refractivity (Wildman–Crippen MR) is 182 cm³/mol. The van der Waals surface area contributed by atoms with E-state index in [1.807, 2.05) is 0 Å². The molecule has 0 saturated carbocycles. The monoisotopic (exact) mass is 561 g/mol. The predicted octanol–water partition coefficient (Wildman–Crippen LogP) is 13.2. The second-order valence-electron chi connectivity index (χ2n) is 13.2. The summed E-state index contributed by atoms with van der Waals surface area (Å²) in [6.07, 6.45) is 48.4. The van der Waals surface area contributed by atoms with Gasteiger partial charge in [0.15, 0.2) is 0 Å². The molecule has 2 heteroatoms. The molecule has 40 heavy (non-hydrogen) atoms. The molecule has 0 aliphatic carbocycles. The molecule has 2 nitrogen and oxygen atoms in total. The molecule has 0 N–H and O–H groups in total. The molecule has 0 bridgehead atoms. The summed E-state index contributed by atoms with van der Waals surface area (Å²) in [5, 5.41) is 0. The van der Waals surface area contributed by atoms with Crippen LogP contribution in [0.4, 0.5) is 0 Å². The van der Waals surface area contributed by atoms with Crippen LogP contribution in [0.3, 0.4) is 0 Å². The SMILES string of the molecule is CCCCCCCCCCCCCCCN1C=CN(CCCCCCCCCCCC)C1CCCCCCCC. The molecule has 1 aliphatic heterocycles. The van der Waals surface area contributed by atoms with Crippen molar-refractivity contribution in [2.24, 2.45) is 0 Å². The van der Waals surface area contributed by atoms with E-state index in [1.165, 1.54) is 206 Å². The van der Waals surface area contributed by atoms with Crippen LogP contribution in [0.2, 0.25) is 0 Å². The molecule has 1 unspecified atom stereocenters. The average Bonchev–Trinajstić information content (AvgIpc) is 3.35. The quantitative estimate of drug-likeness (QED) is 0.0755. The highest BCUT2D eigenvalue weighted by Crippen LogP contribution is 2.24. The Labute approximate surface area is 254 Å². The smallest absolute Gasteiger partial charge is 0.101 e. The Hall–Kier alpha value is -0.660. The number of hydrogen-bond acceptors (Lipinski definition) is 2. The third-order valence-electron chi connectivity index (χ3n) is 9.32. The molecule has 238 valence electrons. The van der Waals surface area contributed by atoms with Crippen molar-refractivity contribution in [3.8, 4) is 0 Å². The molecule has 1 atom stereocenters. The van der Waals surface area contributed by atoms with Crippen LogP contribution in [-0.4, -0.2) is 29.1 Å². The van der Waals surface area contributed by atoms with Gasteiger partial charge in [-0.1, -0.05) is 188 Å². The topological polar surface area (TPSA) is 6.48 Å². The van der Waals surface area contributed by atoms with Gasteiger partial charge < -0.3 is 9.80 Å². The number of hydrogen-bond donors (Lipinski definition) is 0. The third-order valence-corrected chi connectivity index (χ3v) is 9.32. The largest absolute Gasteiger partial charge is 0.356 e. The first-order chi connectivity index (χ1) is 19.8. The Morgan fingerprint density at radius 2 is 0.575 bits per heavy atom. The molecule has 0 aromatic heterocycles. The van der Waals surface area contributed by atoms with Crippen molar-refractivity contribution in [3.05, 3.63) is 12.4 Å². The Bertz CT molecular complexity index is 516. The highest BCUT2D eigenvalue weighted by molar-refractivity contribution is 4.97. The fourth-order valence-corrected chi connectivity index (χ4v) is 6.54. The normalized spacial score (nSPS) is 15.1. The first-order valence-corrected chi connectivity index (χ1v) is 19.0. The van der Waals surface area contributed by atoms with Gasteiger partial charge in [-0.05, 0) is 25.7 Å². The van der Waals surface area contributed by atoms with Gasteiger partial charge in [0.05, 0.1) is 0 Å². The van der Waals surface area contributed by atoms with Gasteiger partial charge in [0.2, 0.25) is 0 Å². The molecule has 0 radical (unpaired) electrons. The molecule has 0 aromatic carbocycles. The average molecular weight is 561 g/mol. The Balaban J connectivity index is 2.17. The van der Waals surface area contributed by atoms with Crippen LogP contribution in [0, 0.1) is 0 Å². The molecule has 1 aliphatic rings. The van der Waals surface area contributed by atoms with Crippen LogP contribution in [-0.2, 0) is 0 Å². The molecule has 0 amide bonds. The highest BCUT2D eigenvalue weighted by Gasteiger charge is 2.24. The zero-order valence-electron chi connectivity index (χ0n) is 28.3. The lowest BCUT2D eigenvalue weighted by Gasteiger charge is -2.33. The minimum absolute atomic E-state index is 0.641. The molecule has 1 heterocycles. The van der Waals surface area contributed by atoms with Gasteiger partial charge in [0, 0.05) is 25.5 Å². The zero-order chi connectivity index (χ0) is 28.8. The summed E-state index contributed by atoms with van der Waals surface area (Å²) < 4.78 is 0. The van der Waals surface area contributed by atoms with Crippen LogP contribution in [0.25, 0.3) is 0 Å². The third kappa shape index (κ3) is 22.0. The number of rotatable bonds is 32. The lowest BCUT2D eigenvalue weighted by atomic mass is 10.0. The van der Waals surface area contributed by atoms with E-state index < -0.39 is 0 Å². The molecule has 0 fully saturated rings. The Morgan fingerprint density at radius 3 is 0.875 bits per heavy atom. The lowest BCUT2D eigenvalue weighted by Crippen LogP contribution is -2.39. The van der Waals surface area contributed by atoms with Crippen molar-refractivity contribution in [3.63, 3.8) is 0 Å². The summed E-state index contributed by atoms with van der Waals surface area (Å²) in [6, 6.07) is 0. The van der Waals surface area contributed by atoms with Crippen molar-refractivity contribution in [1.82, 2.24) is 9.80 Å². The summed E-state index contributed by atoms with van der Waals surface area (Å²) in [4.78, 5) is 5.42. The van der Waals surface area contributed by atoms with Gasteiger partial charge in [0.25, 0.3) is 0 Å². The first kappa shape index (κ1) is 37.4. The van der Waals surface area contributed by atoms with Crippen molar-refractivity contribution in [2.75, 3.05) is 13.1 Å². The van der Waals surface area contributed by atoms with Crippen LogP contribution < -0.4 is 0 Å². The van der Waals surface area contributed by atoms with E-state index in [2.05, 4.69) is 43.0 Å². The summed E-state index contributed by atoms with van der Waals surface area (Å²) in [5.74, 6) is 0. The second kappa shape index (κ2) is 29.8. The maximum absolute atomic E-state index is 2.71. The van der Waals surface area contributed by atoms with Gasteiger partial charge in [-0.3, -0.25) is 0 Å². The second-order valence-corrected chi connectivity index (χ2v) is 13.2. The standard InChI is InChI=1S/C38H76N2/c1-4-7-10-13-16-18-20-21-22-24-26-29-32-35-40-37-36-39(38(40)33-30-27-15-12-9-6-3)34-31-28-25-23-19-17-14-11-8-5-2/h36-38H,4-35H2,1-3H3. The van der Waals surface area contributed by atoms with Gasteiger partial charge in [0.1, 0.15) is 6.17 Å². The molecule has 0 saturated heterocycles. The molecule has 0 aromatic rings. The maximum atomic E-state index is 2.71. The van der Waals surface area contributed by atoms with E-state index in [-0.39, 0.29) is 0 Å². The fraction of sp³-hybridized carbons (Fsp3) is 0.947. The van der Waals surface area contributed by atoms with Crippen molar-refractivity contribution < 1.29 is 0 Å². The Kier molecular flexibility index (Phi) is 27.9. The molecular weight excluding hydrogens is 484 g/mol. The van der Waals surface area contributed by atoms with Gasteiger partial charge in [-0.25, -0.2) is 0 Å². The van der Waals surface area contributed by atoms with Crippen LogP contribution in [0.15, 0.2) is 12.4 Å². The van der Waals surface area contributed by atoms with E-state index in [0.717, 1.165) is 0 Å². The fourth-order valence-electron chi connectivity index (χ4n) is 6.54. The van der Waals surface area contributed by atoms with E-state index in [9.17, 15) is 0 Å². The molecule has 0 spiro atoms. The minimum Gasteiger partial charge on any atom is -0.356 e. The summed E-state index contributed by atoms with van der Waals surface area (Å²) in [6.45, 7) is 9.48. The van der Waals surface area contributed by atoms with Crippen LogP contribution >= 0.6 is 0 Å². The minimum atomic E-state index is 0.641. The van der Waals surface area contributed by atoms with E-state index in [1.54, 1.807) is 0 Å². The number of unbranched alkanes of at least 4 members (excludes halogenated alkanes) is 26. The van der Waals surface area contributed by atoms with E-state index in [4.69, 9.17) is 0 Å². The molecule has 1 rings (SSSR count). The zero-order valence-corrected chi connectivity index (χ0v) is 28.3. The summed E-state index contributed by atoms with van der Waals surface area (Å²) in [7, 11) is 0. The van der Waals surface area contributed by atoms with Crippen molar-refractivity contribution in [1.29, 1.82) is 0 Å². The van der Waals surface area contributed by atoms with Gasteiger partial charge in [-0.15, -0.1) is 0 Å². The lowest BCUT2D eigenvalue weighted by molar-refractivity contribution is 0.135. The Morgan fingerprint density at radius 1 is 0.325 bits per heavy atom.